The molecule has 0 spiro atoms. The molecule has 0 atom stereocenters. The molecule has 0 heterocycles. The van der Waals surface area contributed by atoms with Crippen molar-refractivity contribution >= 4 is 31.9 Å². The number of halogens is 4. The molecule has 0 unspecified atom stereocenters. The van der Waals surface area contributed by atoms with Crippen LogP contribution >= 0.6 is 31.9 Å². The smallest absolute Gasteiger partial charge is 0.175 e. The molecule has 4 nitrogen and oxygen atoms in total. The molecule has 0 saturated heterocycles. The lowest BCUT2D eigenvalue weighted by molar-refractivity contribution is 0.296. The Hall–Kier alpha value is -1.38. The highest BCUT2D eigenvalue weighted by Gasteiger charge is 2.10. The third-order valence-corrected chi connectivity index (χ3v) is 4.25. The van der Waals surface area contributed by atoms with Crippen LogP contribution in [0.25, 0.3) is 0 Å². The van der Waals surface area contributed by atoms with Crippen LogP contribution in [0.2, 0.25) is 0 Å². The van der Waals surface area contributed by atoms with E-state index in [9.17, 15) is 8.78 Å². The second kappa shape index (κ2) is 10.6. The van der Waals surface area contributed by atoms with Crippen molar-refractivity contribution in [2.75, 3.05) is 27.9 Å². The number of aliphatic hydroxyl groups excluding tert-OH is 1. The zero-order chi connectivity index (χ0) is 19.0. The topological polar surface area (TPSA) is 47.9 Å². The van der Waals surface area contributed by atoms with Crippen molar-refractivity contribution in [1.82, 2.24) is 0 Å². The van der Waals surface area contributed by atoms with Crippen molar-refractivity contribution < 1.29 is 28.1 Å². The van der Waals surface area contributed by atoms with Gasteiger partial charge in [0, 0.05) is 18.2 Å². The largest absolute Gasteiger partial charge is 0.495 e. The molecule has 0 saturated carbocycles. The molecule has 0 fully saturated rings. The first-order chi connectivity index (χ1) is 11.9. The highest BCUT2D eigenvalue weighted by Crippen LogP contribution is 2.35. The van der Waals surface area contributed by atoms with E-state index in [4.69, 9.17) is 19.3 Å². The summed E-state index contributed by atoms with van der Waals surface area (Å²) in [7, 11) is 4.48. The summed E-state index contributed by atoms with van der Waals surface area (Å²) < 4.78 is 41.7. The maximum Gasteiger partial charge on any atom is 0.175 e. The number of aliphatic hydroxyl groups is 1. The molecule has 0 aliphatic heterocycles. The fourth-order valence-corrected chi connectivity index (χ4v) is 3.25. The number of benzene rings is 2. The number of hydrogen-bond acceptors (Lipinski definition) is 4. The van der Waals surface area contributed by atoms with Gasteiger partial charge in [-0.15, -0.1) is 0 Å². The lowest BCUT2D eigenvalue weighted by Crippen LogP contribution is -1.97. The molecule has 2 rings (SSSR count). The van der Waals surface area contributed by atoms with Gasteiger partial charge in [0.15, 0.2) is 11.5 Å². The first kappa shape index (κ1) is 21.7. The van der Waals surface area contributed by atoms with E-state index in [2.05, 4.69) is 31.9 Å². The van der Waals surface area contributed by atoms with Crippen LogP contribution in [0, 0.1) is 11.6 Å². The Balaban J connectivity index is 0.000000251. The van der Waals surface area contributed by atoms with Gasteiger partial charge in [-0.25, -0.2) is 8.78 Å². The van der Waals surface area contributed by atoms with Crippen molar-refractivity contribution in [1.29, 1.82) is 0 Å². The van der Waals surface area contributed by atoms with Gasteiger partial charge in [-0.1, -0.05) is 0 Å². The van der Waals surface area contributed by atoms with Gasteiger partial charge in [-0.3, -0.25) is 0 Å². The number of methoxy groups -OCH3 is 3. The van der Waals surface area contributed by atoms with Crippen LogP contribution in [0.3, 0.4) is 0 Å². The Morgan fingerprint density at radius 2 is 1.36 bits per heavy atom. The van der Waals surface area contributed by atoms with Crippen LogP contribution in [-0.4, -0.2) is 33.0 Å². The van der Waals surface area contributed by atoms with Gasteiger partial charge >= 0.3 is 0 Å². The molecule has 0 aliphatic carbocycles. The van der Waals surface area contributed by atoms with E-state index < -0.39 is 0 Å². The molecular weight excluding hydrogens is 466 g/mol. The van der Waals surface area contributed by atoms with E-state index in [0.717, 1.165) is 0 Å². The van der Waals surface area contributed by atoms with E-state index in [1.54, 1.807) is 0 Å². The minimum atomic E-state index is -0.362. The number of hydrogen-bond donors (Lipinski definition) is 1. The summed E-state index contributed by atoms with van der Waals surface area (Å²) in [4.78, 5) is 0. The molecule has 8 heteroatoms. The zero-order valence-corrected chi connectivity index (χ0v) is 17.1. The second-order valence-corrected chi connectivity index (χ2v) is 6.39. The first-order valence-corrected chi connectivity index (χ1v) is 8.66. The van der Waals surface area contributed by atoms with Crippen molar-refractivity contribution in [2.45, 2.75) is 6.42 Å². The van der Waals surface area contributed by atoms with Gasteiger partial charge in [0.2, 0.25) is 0 Å². The molecule has 0 radical (unpaired) electrons. The van der Waals surface area contributed by atoms with E-state index in [-0.39, 0.29) is 18.2 Å². The van der Waals surface area contributed by atoms with Crippen LogP contribution in [-0.2, 0) is 6.42 Å². The van der Waals surface area contributed by atoms with E-state index in [0.29, 0.717) is 38.2 Å². The Bertz CT molecular complexity index is 712. The van der Waals surface area contributed by atoms with Crippen molar-refractivity contribution in [3.8, 4) is 17.2 Å². The first-order valence-electron chi connectivity index (χ1n) is 7.07. The summed E-state index contributed by atoms with van der Waals surface area (Å²) in [6.07, 6.45) is 0.388. The molecule has 0 amide bonds. The average Bonchev–Trinajstić information content (AvgIpc) is 2.54. The van der Waals surface area contributed by atoms with Gasteiger partial charge in [-0.05, 0) is 56.5 Å². The minimum Gasteiger partial charge on any atom is -0.495 e. The van der Waals surface area contributed by atoms with Crippen LogP contribution in [0.1, 0.15) is 5.56 Å². The molecule has 1 N–H and O–H groups in total. The van der Waals surface area contributed by atoms with Gasteiger partial charge < -0.3 is 19.3 Å². The minimum absolute atomic E-state index is 0.0216. The molecule has 2 aromatic carbocycles. The Kier molecular flexibility index (Phi) is 9.16. The zero-order valence-electron chi connectivity index (χ0n) is 13.9. The molecule has 2 aromatic rings. The highest BCUT2D eigenvalue weighted by atomic mass is 79.9. The fraction of sp³-hybridized carbons (Fsp3) is 0.294. The number of ether oxygens (including phenoxy) is 3. The normalized spacial score (nSPS) is 9.92. The van der Waals surface area contributed by atoms with Crippen molar-refractivity contribution in [2.24, 2.45) is 0 Å². The summed E-state index contributed by atoms with van der Waals surface area (Å²) in [5.74, 6) is 0.759. The van der Waals surface area contributed by atoms with Gasteiger partial charge in [-0.2, -0.15) is 0 Å². The van der Waals surface area contributed by atoms with Crippen LogP contribution in [0.4, 0.5) is 8.78 Å². The van der Waals surface area contributed by atoms with Gasteiger partial charge in [0.1, 0.15) is 17.4 Å². The lowest BCUT2D eigenvalue weighted by atomic mass is 10.1. The third-order valence-electron chi connectivity index (χ3n) is 3.07. The Morgan fingerprint density at radius 1 is 0.840 bits per heavy atom. The number of rotatable bonds is 5. The van der Waals surface area contributed by atoms with Crippen molar-refractivity contribution in [3.63, 3.8) is 0 Å². The predicted octanol–water partition coefficient (Wildman–Crippen LogP) is 4.74. The lowest BCUT2D eigenvalue weighted by Gasteiger charge is -2.09. The van der Waals surface area contributed by atoms with Gasteiger partial charge in [0.25, 0.3) is 0 Å². The quantitative estimate of drug-likeness (QED) is 0.667. The monoisotopic (exact) mass is 482 g/mol. The van der Waals surface area contributed by atoms with Crippen LogP contribution < -0.4 is 14.2 Å². The molecular formula is C17H18Br2F2O4. The molecule has 0 bridgehead atoms. The SMILES string of the molecule is COc1c(Br)cc(F)cc1CCO.COc1cc(F)cc(Br)c1OC. The summed E-state index contributed by atoms with van der Waals surface area (Å²) in [6.45, 7) is -0.0216. The maximum atomic E-state index is 12.9. The summed E-state index contributed by atoms with van der Waals surface area (Å²) in [5.41, 5.74) is 0.664. The van der Waals surface area contributed by atoms with Gasteiger partial charge in [0.05, 0.1) is 30.3 Å². The summed E-state index contributed by atoms with van der Waals surface area (Å²) >= 11 is 6.34. The second-order valence-electron chi connectivity index (χ2n) is 4.68. The Labute approximate surface area is 162 Å². The predicted molar refractivity (Wildman–Crippen MR) is 98.6 cm³/mol. The van der Waals surface area contributed by atoms with E-state index in [1.165, 1.54) is 45.6 Å². The standard InChI is InChI=1S/C9H10BrFO2.C8H8BrFO2/c1-13-9-6(2-3-12)4-7(11)5-8(9)10;1-11-7-4-5(10)3-6(9)8(7)12-2/h4-5,12H,2-3H2,1H3;3-4H,1-2H3. The maximum absolute atomic E-state index is 12.9. The summed E-state index contributed by atoms with van der Waals surface area (Å²) in [6, 6.07) is 5.28. The van der Waals surface area contributed by atoms with E-state index >= 15 is 0 Å². The molecule has 25 heavy (non-hydrogen) atoms. The average molecular weight is 484 g/mol. The van der Waals surface area contributed by atoms with Crippen molar-refractivity contribution in [3.05, 3.63) is 50.4 Å². The molecule has 0 aliphatic rings. The summed E-state index contributed by atoms with van der Waals surface area (Å²) in [5, 5.41) is 8.73. The Morgan fingerprint density at radius 3 is 1.84 bits per heavy atom. The van der Waals surface area contributed by atoms with Crippen LogP contribution in [0.5, 0.6) is 17.2 Å². The fourth-order valence-electron chi connectivity index (χ4n) is 2.03. The van der Waals surface area contributed by atoms with Crippen LogP contribution in [0.15, 0.2) is 33.2 Å². The van der Waals surface area contributed by atoms with E-state index in [1.807, 2.05) is 0 Å². The molecule has 0 aromatic heterocycles. The molecule has 138 valence electrons. The highest BCUT2D eigenvalue weighted by molar-refractivity contribution is 9.10. The third kappa shape index (κ3) is 6.13.